The monoisotopic (exact) mass is 140 g/mol. The summed E-state index contributed by atoms with van der Waals surface area (Å²) in [7, 11) is -1.95. The Balaban J connectivity index is 2.78. The molecule has 5 heteroatoms. The van der Waals surface area contributed by atoms with Gasteiger partial charge in [0.2, 0.25) is 0 Å². The van der Waals surface area contributed by atoms with Gasteiger partial charge < -0.3 is 14.5 Å². The lowest BCUT2D eigenvalue weighted by Crippen LogP contribution is -2.24. The molecule has 0 bridgehead atoms. The Hall–Kier alpha value is -1.07. The number of rotatable bonds is 2. The fourth-order valence-electron chi connectivity index (χ4n) is 0.554. The van der Waals surface area contributed by atoms with Crippen LogP contribution < -0.4 is 0 Å². The van der Waals surface area contributed by atoms with Crippen molar-refractivity contribution in [1.29, 1.82) is 0 Å². The summed E-state index contributed by atoms with van der Waals surface area (Å²) in [5, 5.41) is 16.7. The maximum absolute atomic E-state index is 10.6. The highest BCUT2D eigenvalue weighted by molar-refractivity contribution is 6.81. The van der Waals surface area contributed by atoms with Gasteiger partial charge in [0.05, 0.1) is 11.8 Å². The molecular formula is C5H5BO4. The smallest absolute Gasteiger partial charge is 0.472 e. The summed E-state index contributed by atoms with van der Waals surface area (Å²) in [5.74, 6) is 0. The molecule has 1 aromatic rings. The lowest BCUT2D eigenvalue weighted by Gasteiger charge is -1.90. The molecule has 0 saturated heterocycles. The Labute approximate surface area is 57.2 Å². The third kappa shape index (κ3) is 1.26. The van der Waals surface area contributed by atoms with Crippen LogP contribution in [-0.4, -0.2) is 22.8 Å². The molecular weight excluding hydrogens is 135 g/mol. The van der Waals surface area contributed by atoms with Crippen molar-refractivity contribution in [3.05, 3.63) is 24.2 Å². The standard InChI is InChI=1S/C5H5BO4/c7-5(6(8)9)4-1-2-10-3-4/h1-3,8-9H. The highest BCUT2D eigenvalue weighted by Crippen LogP contribution is 2.00. The molecule has 52 valence electrons. The predicted molar refractivity (Wildman–Crippen MR) is 33.2 cm³/mol. The van der Waals surface area contributed by atoms with Crippen LogP contribution in [0.2, 0.25) is 0 Å². The van der Waals surface area contributed by atoms with Gasteiger partial charge >= 0.3 is 7.12 Å². The number of furan rings is 1. The first-order valence-corrected chi connectivity index (χ1v) is 2.64. The van der Waals surface area contributed by atoms with Crippen LogP contribution in [0.15, 0.2) is 23.0 Å². The summed E-state index contributed by atoms with van der Waals surface area (Å²) in [6.45, 7) is 0. The van der Waals surface area contributed by atoms with E-state index >= 15 is 0 Å². The molecule has 0 atom stereocenters. The van der Waals surface area contributed by atoms with Gasteiger partial charge in [0, 0.05) is 0 Å². The second-order valence-corrected chi connectivity index (χ2v) is 1.75. The summed E-state index contributed by atoms with van der Waals surface area (Å²) < 4.78 is 4.54. The zero-order valence-electron chi connectivity index (χ0n) is 5.02. The first-order chi connectivity index (χ1) is 4.72. The van der Waals surface area contributed by atoms with Crippen molar-refractivity contribution in [3.63, 3.8) is 0 Å². The van der Waals surface area contributed by atoms with Crippen molar-refractivity contribution in [2.24, 2.45) is 0 Å². The highest BCUT2D eigenvalue weighted by atomic mass is 16.4. The molecule has 0 amide bonds. The SMILES string of the molecule is O=C(B(O)O)c1ccoc1. The van der Waals surface area contributed by atoms with Crippen molar-refractivity contribution in [1.82, 2.24) is 0 Å². The van der Waals surface area contributed by atoms with Gasteiger partial charge in [-0.2, -0.15) is 0 Å². The van der Waals surface area contributed by atoms with E-state index in [4.69, 9.17) is 10.0 Å². The molecule has 2 N–H and O–H groups in total. The minimum absolute atomic E-state index is 0.162. The van der Waals surface area contributed by atoms with Crippen LogP contribution in [0.3, 0.4) is 0 Å². The van der Waals surface area contributed by atoms with Crippen LogP contribution in [0.1, 0.15) is 10.4 Å². The van der Waals surface area contributed by atoms with E-state index < -0.39 is 12.8 Å². The number of carbonyl (C=O) groups excluding carboxylic acids is 1. The highest BCUT2D eigenvalue weighted by Gasteiger charge is 2.21. The van der Waals surface area contributed by atoms with Gasteiger partial charge in [0.15, 0.2) is 5.68 Å². The first kappa shape index (κ1) is 7.05. The maximum Gasteiger partial charge on any atom is 0.532 e. The van der Waals surface area contributed by atoms with E-state index in [-0.39, 0.29) is 5.56 Å². The van der Waals surface area contributed by atoms with E-state index in [1.54, 1.807) is 0 Å². The van der Waals surface area contributed by atoms with E-state index in [9.17, 15) is 4.79 Å². The van der Waals surface area contributed by atoms with Gasteiger partial charge in [-0.15, -0.1) is 0 Å². The number of carbonyl (C=O) groups is 1. The van der Waals surface area contributed by atoms with Crippen LogP contribution in [0.5, 0.6) is 0 Å². The number of hydrogen-bond acceptors (Lipinski definition) is 4. The summed E-state index contributed by atoms with van der Waals surface area (Å²) in [6, 6.07) is 1.36. The van der Waals surface area contributed by atoms with Crippen molar-refractivity contribution in [3.8, 4) is 0 Å². The Morgan fingerprint density at radius 2 is 2.30 bits per heavy atom. The molecule has 4 nitrogen and oxygen atoms in total. The van der Waals surface area contributed by atoms with Crippen molar-refractivity contribution in [2.75, 3.05) is 0 Å². The summed E-state index contributed by atoms with van der Waals surface area (Å²) >= 11 is 0. The maximum atomic E-state index is 10.6. The van der Waals surface area contributed by atoms with Crippen molar-refractivity contribution >= 4 is 12.8 Å². The first-order valence-electron chi connectivity index (χ1n) is 2.64. The molecule has 0 radical (unpaired) electrons. The largest absolute Gasteiger partial charge is 0.532 e. The normalized spacial score (nSPS) is 9.40. The third-order valence-corrected chi connectivity index (χ3v) is 1.04. The Morgan fingerprint density at radius 3 is 2.70 bits per heavy atom. The van der Waals surface area contributed by atoms with E-state index in [2.05, 4.69) is 4.42 Å². The molecule has 0 fully saturated rings. The van der Waals surface area contributed by atoms with E-state index in [0.717, 1.165) is 6.26 Å². The second kappa shape index (κ2) is 2.68. The quantitative estimate of drug-likeness (QED) is 0.541. The van der Waals surface area contributed by atoms with Gasteiger partial charge in [0.25, 0.3) is 0 Å². The molecule has 0 aliphatic carbocycles. The van der Waals surface area contributed by atoms with Crippen LogP contribution in [0.4, 0.5) is 0 Å². The topological polar surface area (TPSA) is 70.7 Å². The zero-order chi connectivity index (χ0) is 7.56. The average Bonchev–Trinajstić information content (AvgIpc) is 2.36. The van der Waals surface area contributed by atoms with E-state index in [0.29, 0.717) is 0 Å². The van der Waals surface area contributed by atoms with Gasteiger partial charge in [-0.05, 0) is 6.07 Å². The summed E-state index contributed by atoms with van der Waals surface area (Å²) in [5.41, 5.74) is -0.594. The fraction of sp³-hybridized carbons (Fsp3) is 0. The lowest BCUT2D eigenvalue weighted by molar-refractivity contribution is 0.103. The lowest BCUT2D eigenvalue weighted by atomic mass is 9.81. The van der Waals surface area contributed by atoms with Crippen LogP contribution in [0.25, 0.3) is 0 Å². The average molecular weight is 140 g/mol. The minimum Gasteiger partial charge on any atom is -0.472 e. The molecule has 10 heavy (non-hydrogen) atoms. The zero-order valence-corrected chi connectivity index (χ0v) is 5.02. The Bertz CT molecular complexity index is 216. The van der Waals surface area contributed by atoms with Gasteiger partial charge in [-0.1, -0.05) is 0 Å². The molecule has 0 aromatic carbocycles. The molecule has 0 spiro atoms. The van der Waals surface area contributed by atoms with Crippen molar-refractivity contribution < 1.29 is 19.3 Å². The summed E-state index contributed by atoms with van der Waals surface area (Å²) in [6.07, 6.45) is 2.44. The molecule has 0 unspecified atom stereocenters. The molecule has 0 aliphatic heterocycles. The third-order valence-electron chi connectivity index (χ3n) is 1.04. The molecule has 0 aliphatic rings. The second-order valence-electron chi connectivity index (χ2n) is 1.75. The van der Waals surface area contributed by atoms with Crippen molar-refractivity contribution in [2.45, 2.75) is 0 Å². The Morgan fingerprint density at radius 1 is 1.60 bits per heavy atom. The predicted octanol–water partition coefficient (Wildman–Crippen LogP) is -0.526. The summed E-state index contributed by atoms with van der Waals surface area (Å²) in [4.78, 5) is 10.6. The Kier molecular flexibility index (Phi) is 1.89. The van der Waals surface area contributed by atoms with Crippen LogP contribution in [0, 0.1) is 0 Å². The molecule has 0 saturated carbocycles. The van der Waals surface area contributed by atoms with Crippen LogP contribution >= 0.6 is 0 Å². The van der Waals surface area contributed by atoms with Gasteiger partial charge in [-0.25, -0.2) is 0 Å². The minimum atomic E-state index is -1.95. The van der Waals surface area contributed by atoms with Gasteiger partial charge in [-0.3, -0.25) is 4.79 Å². The molecule has 1 heterocycles. The van der Waals surface area contributed by atoms with Crippen LogP contribution in [-0.2, 0) is 0 Å². The fourth-order valence-corrected chi connectivity index (χ4v) is 0.554. The number of hydrogen-bond donors (Lipinski definition) is 2. The molecule has 1 aromatic heterocycles. The van der Waals surface area contributed by atoms with E-state index in [1.165, 1.54) is 12.3 Å². The van der Waals surface area contributed by atoms with Gasteiger partial charge in [0.1, 0.15) is 6.26 Å². The van der Waals surface area contributed by atoms with E-state index in [1.807, 2.05) is 0 Å². The molecule has 1 rings (SSSR count).